The summed E-state index contributed by atoms with van der Waals surface area (Å²) in [5.41, 5.74) is 1.82. The van der Waals surface area contributed by atoms with Crippen molar-refractivity contribution in [2.45, 2.75) is 12.9 Å². The summed E-state index contributed by atoms with van der Waals surface area (Å²) in [5.74, 6) is 1.13. The van der Waals surface area contributed by atoms with Crippen LogP contribution >= 0.6 is 11.3 Å². The van der Waals surface area contributed by atoms with Crippen molar-refractivity contribution < 1.29 is 27.4 Å². The van der Waals surface area contributed by atoms with Crippen LogP contribution in [0.25, 0.3) is 10.2 Å². The number of hydrogen-bond acceptors (Lipinski definition) is 7. The van der Waals surface area contributed by atoms with E-state index >= 15 is 0 Å². The van der Waals surface area contributed by atoms with E-state index < -0.39 is 6.36 Å². The lowest BCUT2D eigenvalue weighted by molar-refractivity contribution is -0.274. The fourth-order valence-corrected chi connectivity index (χ4v) is 4.95. The van der Waals surface area contributed by atoms with Gasteiger partial charge in [0.2, 0.25) is 0 Å². The van der Waals surface area contributed by atoms with Crippen molar-refractivity contribution in [2.75, 3.05) is 51.8 Å². The van der Waals surface area contributed by atoms with Crippen LogP contribution in [-0.2, 0) is 6.54 Å². The van der Waals surface area contributed by atoms with E-state index in [1.165, 1.54) is 12.1 Å². The minimum Gasteiger partial charge on any atom is -0.493 e. The zero-order chi connectivity index (χ0) is 23.6. The Kier molecular flexibility index (Phi) is 6.71. The van der Waals surface area contributed by atoms with Gasteiger partial charge in [-0.05, 0) is 30.3 Å². The van der Waals surface area contributed by atoms with E-state index in [2.05, 4.69) is 14.5 Å². The molecule has 0 radical (unpaired) electrons. The van der Waals surface area contributed by atoms with Crippen LogP contribution in [-0.4, -0.2) is 62.8 Å². The number of anilines is 1. The van der Waals surface area contributed by atoms with Crippen molar-refractivity contribution in [2.24, 2.45) is 0 Å². The highest BCUT2D eigenvalue weighted by molar-refractivity contribution is 7.16. The van der Waals surface area contributed by atoms with Gasteiger partial charge in [-0.1, -0.05) is 11.3 Å². The van der Waals surface area contributed by atoms with E-state index in [1.807, 2.05) is 22.8 Å². The maximum absolute atomic E-state index is 12.5. The first-order valence-electron chi connectivity index (χ1n) is 10.4. The maximum atomic E-state index is 12.5. The number of alkyl halides is 3. The molecule has 1 aliphatic heterocycles. The van der Waals surface area contributed by atoms with E-state index in [0.717, 1.165) is 55.3 Å². The molecule has 0 bridgehead atoms. The number of nitrogens with one attached hydrogen (secondary N) is 1. The van der Waals surface area contributed by atoms with Gasteiger partial charge >= 0.3 is 6.36 Å². The second-order valence-electron chi connectivity index (χ2n) is 7.60. The highest BCUT2D eigenvalue weighted by Gasteiger charge is 2.31. The van der Waals surface area contributed by atoms with Gasteiger partial charge in [-0.25, -0.2) is 0 Å². The van der Waals surface area contributed by atoms with Crippen molar-refractivity contribution in [3.8, 4) is 17.2 Å². The average molecular weight is 483 g/mol. The molecule has 4 rings (SSSR count). The average Bonchev–Trinajstić information content (AvgIpc) is 3.10. The van der Waals surface area contributed by atoms with Crippen molar-refractivity contribution in [1.82, 2.24) is 9.47 Å². The molecule has 1 aliphatic rings. The smallest absolute Gasteiger partial charge is 0.493 e. The third-order valence-corrected chi connectivity index (χ3v) is 6.61. The summed E-state index contributed by atoms with van der Waals surface area (Å²) < 4.78 is 54.6. The van der Waals surface area contributed by atoms with Gasteiger partial charge in [-0.2, -0.15) is 0 Å². The van der Waals surface area contributed by atoms with E-state index in [-0.39, 0.29) is 5.75 Å². The Balaban J connectivity index is 1.37. The lowest BCUT2D eigenvalue weighted by Gasteiger charge is -2.36. The zero-order valence-electron chi connectivity index (χ0n) is 18.3. The molecule has 0 atom stereocenters. The normalized spacial score (nSPS) is 15.1. The predicted octanol–water partition coefficient (Wildman–Crippen LogP) is 3.92. The fraction of sp³-hybridized carbons (Fsp3) is 0.409. The number of rotatable bonds is 7. The molecule has 11 heteroatoms. The molecule has 33 heavy (non-hydrogen) atoms. The number of thiazole rings is 1. The van der Waals surface area contributed by atoms with Gasteiger partial charge in [0.15, 0.2) is 16.3 Å². The highest BCUT2D eigenvalue weighted by atomic mass is 32.1. The number of halogens is 3. The summed E-state index contributed by atoms with van der Waals surface area (Å²) in [6.45, 7) is 4.80. The SMILES string of the molecule is COc1ccc(N2CCN(CCn3c(=N)sc4cc(OC(F)(F)F)ccc43)CC2)cc1OC. The predicted molar refractivity (Wildman–Crippen MR) is 121 cm³/mol. The molecular formula is C22H25F3N4O3S. The summed E-state index contributed by atoms with van der Waals surface area (Å²) >= 11 is 1.14. The molecule has 0 amide bonds. The molecule has 0 unspecified atom stereocenters. The Bertz CT molecular complexity index is 1170. The molecule has 0 spiro atoms. The molecule has 1 N–H and O–H groups in total. The third kappa shape index (κ3) is 5.36. The number of aromatic nitrogens is 1. The van der Waals surface area contributed by atoms with Crippen LogP contribution in [0.5, 0.6) is 17.2 Å². The van der Waals surface area contributed by atoms with Gasteiger partial charge in [0.25, 0.3) is 0 Å². The number of fused-ring (bicyclic) bond motifs is 1. The molecule has 0 aliphatic carbocycles. The third-order valence-electron chi connectivity index (χ3n) is 5.65. The molecule has 2 aromatic carbocycles. The van der Waals surface area contributed by atoms with Crippen LogP contribution in [0.2, 0.25) is 0 Å². The second kappa shape index (κ2) is 9.52. The minimum atomic E-state index is -4.73. The van der Waals surface area contributed by atoms with Crippen LogP contribution in [0.1, 0.15) is 0 Å². The molecule has 3 aromatic rings. The van der Waals surface area contributed by atoms with Crippen LogP contribution in [0.4, 0.5) is 18.9 Å². The number of nitrogens with zero attached hydrogens (tertiary/aromatic N) is 3. The lowest BCUT2D eigenvalue weighted by atomic mass is 10.2. The lowest BCUT2D eigenvalue weighted by Crippen LogP contribution is -2.47. The molecule has 1 saturated heterocycles. The van der Waals surface area contributed by atoms with Crippen LogP contribution in [0.3, 0.4) is 0 Å². The monoisotopic (exact) mass is 482 g/mol. The topological polar surface area (TPSA) is 63.0 Å². The van der Waals surface area contributed by atoms with Gasteiger partial charge in [0.1, 0.15) is 5.75 Å². The van der Waals surface area contributed by atoms with Crippen LogP contribution in [0.15, 0.2) is 36.4 Å². The molecule has 0 saturated carbocycles. The number of methoxy groups -OCH3 is 2. The summed E-state index contributed by atoms with van der Waals surface area (Å²) in [7, 11) is 3.23. The molecular weight excluding hydrogens is 457 g/mol. The Morgan fingerprint density at radius 2 is 1.67 bits per heavy atom. The first-order chi connectivity index (χ1) is 15.8. The van der Waals surface area contributed by atoms with E-state index in [1.54, 1.807) is 20.3 Å². The Morgan fingerprint density at radius 3 is 2.33 bits per heavy atom. The molecule has 7 nitrogen and oxygen atoms in total. The van der Waals surface area contributed by atoms with E-state index in [0.29, 0.717) is 27.5 Å². The molecule has 2 heterocycles. The fourth-order valence-electron chi connectivity index (χ4n) is 3.98. The Labute approximate surface area is 193 Å². The first-order valence-corrected chi connectivity index (χ1v) is 11.2. The van der Waals surface area contributed by atoms with Crippen LogP contribution in [0, 0.1) is 5.41 Å². The number of piperazine rings is 1. The van der Waals surface area contributed by atoms with Crippen molar-refractivity contribution in [1.29, 1.82) is 5.41 Å². The van der Waals surface area contributed by atoms with Gasteiger partial charge in [-0.15, -0.1) is 13.2 Å². The van der Waals surface area contributed by atoms with Crippen molar-refractivity contribution in [3.63, 3.8) is 0 Å². The van der Waals surface area contributed by atoms with Gasteiger partial charge in [0.05, 0.1) is 24.4 Å². The Hall–Kier alpha value is -2.92. The number of benzene rings is 2. The van der Waals surface area contributed by atoms with Crippen LogP contribution < -0.4 is 23.9 Å². The Morgan fingerprint density at radius 1 is 0.939 bits per heavy atom. The quantitative estimate of drug-likeness (QED) is 0.553. The second-order valence-corrected chi connectivity index (χ2v) is 8.63. The standard InChI is InChI=1S/C22H25F3N4O3S/c1-30-18-6-3-15(13-19(18)31-2)28-10-7-27(8-11-28)9-12-29-17-5-4-16(32-22(23,24)25)14-20(17)33-21(29)26/h3-6,13-14,26H,7-12H2,1-2H3. The summed E-state index contributed by atoms with van der Waals surface area (Å²) in [6.07, 6.45) is -4.73. The van der Waals surface area contributed by atoms with Crippen molar-refractivity contribution >= 4 is 27.2 Å². The maximum Gasteiger partial charge on any atom is 0.573 e. The zero-order valence-corrected chi connectivity index (χ0v) is 19.1. The number of hydrogen-bond donors (Lipinski definition) is 1. The van der Waals surface area contributed by atoms with Gasteiger partial charge in [-0.3, -0.25) is 10.3 Å². The summed E-state index contributed by atoms with van der Waals surface area (Å²) in [4.78, 5) is 4.93. The van der Waals surface area contributed by atoms with Gasteiger partial charge in [0, 0.05) is 51.0 Å². The van der Waals surface area contributed by atoms with Gasteiger partial charge < -0.3 is 23.7 Å². The molecule has 1 aromatic heterocycles. The largest absolute Gasteiger partial charge is 0.573 e. The molecule has 178 valence electrons. The van der Waals surface area contributed by atoms with E-state index in [9.17, 15) is 13.2 Å². The van der Waals surface area contributed by atoms with E-state index in [4.69, 9.17) is 14.9 Å². The minimum absolute atomic E-state index is 0.269. The summed E-state index contributed by atoms with van der Waals surface area (Å²) in [6, 6.07) is 10.1. The highest BCUT2D eigenvalue weighted by Crippen LogP contribution is 2.32. The summed E-state index contributed by atoms with van der Waals surface area (Å²) in [5, 5.41) is 8.25. The number of ether oxygens (including phenoxy) is 3. The first kappa shape index (κ1) is 23.2. The van der Waals surface area contributed by atoms with Crippen molar-refractivity contribution in [3.05, 3.63) is 41.2 Å². The molecule has 1 fully saturated rings.